The van der Waals surface area contributed by atoms with Gasteiger partial charge in [0.2, 0.25) is 5.91 Å². The van der Waals surface area contributed by atoms with Crippen LogP contribution in [0.2, 0.25) is 15.1 Å². The van der Waals surface area contributed by atoms with Crippen molar-refractivity contribution < 1.29 is 29.4 Å². The number of hydrogen-bond donors (Lipinski definition) is 3. The highest BCUT2D eigenvalue weighted by Gasteiger charge is 2.44. The molecule has 8 nitrogen and oxygen atoms in total. The maximum absolute atomic E-state index is 13.8. The van der Waals surface area contributed by atoms with Gasteiger partial charge in [-0.05, 0) is 54.1 Å². The lowest BCUT2D eigenvalue weighted by Crippen LogP contribution is -2.31. The lowest BCUT2D eigenvalue weighted by Gasteiger charge is -2.27. The van der Waals surface area contributed by atoms with Crippen molar-refractivity contribution in [1.82, 2.24) is 0 Å². The van der Waals surface area contributed by atoms with E-state index in [1.807, 2.05) is 0 Å². The molecule has 1 aliphatic rings. The van der Waals surface area contributed by atoms with E-state index in [1.165, 1.54) is 29.2 Å². The maximum atomic E-state index is 13.8. The Balaban J connectivity index is 1.78. The van der Waals surface area contributed by atoms with Gasteiger partial charge in [-0.15, -0.1) is 0 Å². The van der Waals surface area contributed by atoms with Crippen LogP contribution in [0.3, 0.4) is 0 Å². The summed E-state index contributed by atoms with van der Waals surface area (Å²) in [6, 6.07) is 15.8. The Morgan fingerprint density at radius 2 is 1.61 bits per heavy atom. The molecule has 0 radical (unpaired) electrons. The highest BCUT2D eigenvalue weighted by molar-refractivity contribution is 6.34. The Morgan fingerprint density at radius 3 is 2.26 bits per heavy atom. The van der Waals surface area contributed by atoms with E-state index in [0.717, 1.165) is 6.08 Å². The van der Waals surface area contributed by atoms with E-state index in [1.54, 1.807) is 42.5 Å². The minimum atomic E-state index is -1.32. The van der Waals surface area contributed by atoms with Crippen molar-refractivity contribution in [2.75, 3.05) is 10.2 Å². The van der Waals surface area contributed by atoms with Crippen LogP contribution in [0.4, 0.5) is 11.4 Å². The number of aliphatic carboxylic acids is 1. The second-order valence-corrected chi connectivity index (χ2v) is 9.34. The Hall–Kier alpha value is -4.11. The number of rotatable bonds is 7. The number of halogens is 3. The molecule has 1 unspecified atom stereocenters. The van der Waals surface area contributed by atoms with Gasteiger partial charge in [-0.2, -0.15) is 0 Å². The van der Waals surface area contributed by atoms with E-state index < -0.39 is 35.4 Å². The summed E-state index contributed by atoms with van der Waals surface area (Å²) in [6.07, 6.45) is 1.43. The van der Waals surface area contributed by atoms with Gasteiger partial charge in [0.1, 0.15) is 0 Å². The van der Waals surface area contributed by atoms with Crippen LogP contribution in [0.25, 0.3) is 0 Å². The van der Waals surface area contributed by atoms with Crippen LogP contribution >= 0.6 is 34.8 Å². The number of nitrogens with zero attached hydrogens (tertiary/aromatic N) is 1. The predicted molar refractivity (Wildman–Crippen MR) is 144 cm³/mol. The molecule has 0 saturated carbocycles. The summed E-state index contributed by atoms with van der Waals surface area (Å²) in [5, 5.41) is 22.9. The summed E-state index contributed by atoms with van der Waals surface area (Å²) in [5.41, 5.74) is 0.676. The van der Waals surface area contributed by atoms with Crippen LogP contribution in [0.15, 0.2) is 90.2 Å². The molecule has 0 aromatic heterocycles. The lowest BCUT2D eigenvalue weighted by molar-refractivity contribution is -0.131. The number of Topliss-reactive ketones (excluding diaryl/α,β-unsaturated/α-hetero) is 1. The van der Waals surface area contributed by atoms with Crippen LogP contribution in [0.1, 0.15) is 22.0 Å². The average Bonchev–Trinajstić information content (AvgIpc) is 3.14. The van der Waals surface area contributed by atoms with E-state index in [2.05, 4.69) is 5.32 Å². The zero-order valence-electron chi connectivity index (χ0n) is 19.2. The zero-order chi connectivity index (χ0) is 27.6. The molecule has 4 rings (SSSR count). The Morgan fingerprint density at radius 1 is 0.895 bits per heavy atom. The van der Waals surface area contributed by atoms with E-state index in [9.17, 15) is 24.3 Å². The summed E-state index contributed by atoms with van der Waals surface area (Å²) in [5.74, 6) is -4.37. The summed E-state index contributed by atoms with van der Waals surface area (Å²) in [4.78, 5) is 51.0. The molecule has 0 fully saturated rings. The molecule has 1 atom stereocenters. The van der Waals surface area contributed by atoms with Crippen LogP contribution in [0.5, 0.6) is 0 Å². The number of carboxylic acid groups (broad SMARTS) is 1. The molecule has 2 amide bonds. The number of aliphatic hydroxyl groups excluding tert-OH is 1. The Kier molecular flexibility index (Phi) is 7.87. The van der Waals surface area contributed by atoms with Crippen molar-refractivity contribution in [3.8, 4) is 0 Å². The number of aliphatic hydroxyl groups is 1. The molecule has 0 spiro atoms. The van der Waals surface area contributed by atoms with Gasteiger partial charge < -0.3 is 15.5 Å². The second-order valence-electron chi connectivity index (χ2n) is 8.06. The molecule has 0 aliphatic carbocycles. The molecule has 38 heavy (non-hydrogen) atoms. The number of ketones is 1. The molecule has 11 heteroatoms. The first-order valence-electron chi connectivity index (χ1n) is 10.9. The molecule has 192 valence electrons. The Labute approximate surface area is 231 Å². The molecule has 3 aromatic rings. The van der Waals surface area contributed by atoms with Crippen LogP contribution in [-0.4, -0.2) is 33.8 Å². The van der Waals surface area contributed by atoms with Crippen molar-refractivity contribution in [2.24, 2.45) is 0 Å². The molecule has 3 N–H and O–H groups in total. The van der Waals surface area contributed by atoms with E-state index in [0.29, 0.717) is 27.4 Å². The largest absolute Gasteiger partial charge is 0.503 e. The van der Waals surface area contributed by atoms with Gasteiger partial charge in [0.05, 0.1) is 22.3 Å². The quantitative estimate of drug-likeness (QED) is 0.236. The predicted octanol–water partition coefficient (Wildman–Crippen LogP) is 6.01. The minimum absolute atomic E-state index is 0.00757. The number of benzene rings is 3. The van der Waals surface area contributed by atoms with Gasteiger partial charge in [-0.3, -0.25) is 19.3 Å². The van der Waals surface area contributed by atoms with E-state index in [-0.39, 0.29) is 21.8 Å². The van der Waals surface area contributed by atoms with Crippen molar-refractivity contribution in [1.29, 1.82) is 0 Å². The summed E-state index contributed by atoms with van der Waals surface area (Å²) in [6.45, 7) is 0. The van der Waals surface area contributed by atoms with Gasteiger partial charge in [0.15, 0.2) is 11.5 Å². The van der Waals surface area contributed by atoms with Crippen LogP contribution < -0.4 is 10.2 Å². The van der Waals surface area contributed by atoms with E-state index in [4.69, 9.17) is 39.9 Å². The second kappa shape index (κ2) is 11.1. The minimum Gasteiger partial charge on any atom is -0.503 e. The van der Waals surface area contributed by atoms with Crippen molar-refractivity contribution in [3.63, 3.8) is 0 Å². The first-order valence-corrected chi connectivity index (χ1v) is 12.0. The number of carbonyl (C=O) groups is 4. The van der Waals surface area contributed by atoms with Crippen LogP contribution in [0, 0.1) is 0 Å². The van der Waals surface area contributed by atoms with Gasteiger partial charge in [0, 0.05) is 33.4 Å². The fourth-order valence-electron chi connectivity index (χ4n) is 3.93. The summed E-state index contributed by atoms with van der Waals surface area (Å²) >= 11 is 18.4. The third kappa shape index (κ3) is 5.57. The molecule has 3 aromatic carbocycles. The number of amides is 2. The average molecular weight is 572 g/mol. The number of anilines is 2. The fraction of sp³-hybridized carbons (Fsp3) is 0.0370. The van der Waals surface area contributed by atoms with Crippen molar-refractivity contribution in [2.45, 2.75) is 6.04 Å². The highest BCUT2D eigenvalue weighted by Crippen LogP contribution is 2.43. The van der Waals surface area contributed by atoms with Gasteiger partial charge in [0.25, 0.3) is 5.91 Å². The Bertz CT molecular complexity index is 1530. The number of carboxylic acids is 1. The number of carbonyl (C=O) groups excluding carboxylic acids is 3. The maximum Gasteiger partial charge on any atom is 0.328 e. The standard InChI is InChI=1S/C27H17Cl3N2O6/c28-16-7-4-14(5-8-16)24-23(26(37)27(38)32(24)18-3-1-2-17(29)13-18)25(36)15-6-9-19(30)20(12-15)31-21(33)10-11-22(34)35/h1-13,24,37H,(H,31,33)(H,34,35)/b11-10+. The first-order chi connectivity index (χ1) is 18.1. The fourth-order valence-corrected chi connectivity index (χ4v) is 4.40. The van der Waals surface area contributed by atoms with Gasteiger partial charge in [-0.25, -0.2) is 4.79 Å². The summed E-state index contributed by atoms with van der Waals surface area (Å²) in [7, 11) is 0. The monoisotopic (exact) mass is 570 g/mol. The number of hydrogen-bond acceptors (Lipinski definition) is 5. The van der Waals surface area contributed by atoms with Crippen molar-refractivity contribution in [3.05, 3.63) is 116 Å². The highest BCUT2D eigenvalue weighted by atomic mass is 35.5. The zero-order valence-corrected chi connectivity index (χ0v) is 21.5. The van der Waals surface area contributed by atoms with E-state index >= 15 is 0 Å². The summed E-state index contributed by atoms with van der Waals surface area (Å²) < 4.78 is 0. The molecular weight excluding hydrogens is 555 g/mol. The van der Waals surface area contributed by atoms with Crippen molar-refractivity contribution >= 4 is 69.7 Å². The third-order valence-electron chi connectivity index (χ3n) is 5.59. The van der Waals surface area contributed by atoms with Gasteiger partial charge in [-0.1, -0.05) is 53.0 Å². The molecule has 0 saturated heterocycles. The third-order valence-corrected chi connectivity index (χ3v) is 6.41. The first kappa shape index (κ1) is 26.9. The number of nitrogens with one attached hydrogen (secondary N) is 1. The molecule has 0 bridgehead atoms. The van der Waals surface area contributed by atoms with Gasteiger partial charge >= 0.3 is 5.97 Å². The molecular formula is C27H17Cl3N2O6. The molecule has 1 heterocycles. The SMILES string of the molecule is O=C(O)/C=C/C(=O)Nc1cc(C(=O)C2=C(O)C(=O)N(c3cccc(Cl)c3)C2c2ccc(Cl)cc2)ccc1Cl. The smallest absolute Gasteiger partial charge is 0.328 e. The van der Waals surface area contributed by atoms with Crippen LogP contribution in [-0.2, 0) is 14.4 Å². The normalized spacial score (nSPS) is 15.3. The topological polar surface area (TPSA) is 124 Å². The molecule has 1 aliphatic heterocycles. The lowest BCUT2D eigenvalue weighted by atomic mass is 9.92.